The quantitative estimate of drug-likeness (QED) is 0.590. The Bertz CT molecular complexity index is 375. The molecule has 0 heterocycles. The predicted molar refractivity (Wildman–Crippen MR) is 85.5 cm³/mol. The first-order valence-corrected chi connectivity index (χ1v) is 7.62. The van der Waals surface area contributed by atoms with Gasteiger partial charge in [-0.1, -0.05) is 58.4 Å². The van der Waals surface area contributed by atoms with Crippen LogP contribution in [0.3, 0.4) is 0 Å². The predicted octanol–water partition coefficient (Wildman–Crippen LogP) is 3.69. The number of benzene rings is 1. The summed E-state index contributed by atoms with van der Waals surface area (Å²) >= 11 is 0. The van der Waals surface area contributed by atoms with Gasteiger partial charge < -0.3 is 4.74 Å². The van der Waals surface area contributed by atoms with Crippen molar-refractivity contribution in [3.8, 4) is 0 Å². The summed E-state index contributed by atoms with van der Waals surface area (Å²) in [6, 6.07) is 8.74. The molecule has 0 aliphatic rings. The Balaban J connectivity index is 2.93. The van der Waals surface area contributed by atoms with Crippen molar-refractivity contribution in [3.63, 3.8) is 0 Å². The molecule has 0 fully saturated rings. The zero-order chi connectivity index (χ0) is 15.2. The van der Waals surface area contributed by atoms with E-state index in [-0.39, 0.29) is 17.6 Å². The number of nitrogens with one attached hydrogen (secondary N) is 1. The van der Waals surface area contributed by atoms with Crippen LogP contribution in [-0.2, 0) is 10.2 Å². The summed E-state index contributed by atoms with van der Waals surface area (Å²) in [6.45, 7) is 11.6. The standard InChI is InChI=1S/C17H30N2O/c1-6-8-15(20-7-2)16(19-18)13-9-11-14(12-10-13)17(3,4)5/h9-12,15-16,19H,6-8,18H2,1-5H3. The molecule has 2 atom stereocenters. The van der Waals surface area contributed by atoms with Crippen molar-refractivity contribution in [2.24, 2.45) is 5.84 Å². The molecule has 1 rings (SSSR count). The average molecular weight is 278 g/mol. The molecule has 0 aliphatic carbocycles. The number of ether oxygens (including phenoxy) is 1. The molecule has 0 amide bonds. The van der Waals surface area contributed by atoms with Crippen LogP contribution >= 0.6 is 0 Å². The van der Waals surface area contributed by atoms with Gasteiger partial charge in [-0.05, 0) is 29.9 Å². The van der Waals surface area contributed by atoms with Crippen LogP contribution in [0.1, 0.15) is 64.6 Å². The van der Waals surface area contributed by atoms with Gasteiger partial charge in [0.15, 0.2) is 0 Å². The summed E-state index contributed by atoms with van der Waals surface area (Å²) in [4.78, 5) is 0. The number of hydrogen-bond donors (Lipinski definition) is 2. The van der Waals surface area contributed by atoms with E-state index in [1.165, 1.54) is 11.1 Å². The summed E-state index contributed by atoms with van der Waals surface area (Å²) < 4.78 is 5.84. The van der Waals surface area contributed by atoms with Gasteiger partial charge in [0.2, 0.25) is 0 Å². The van der Waals surface area contributed by atoms with E-state index >= 15 is 0 Å². The van der Waals surface area contributed by atoms with Crippen LogP contribution < -0.4 is 11.3 Å². The van der Waals surface area contributed by atoms with E-state index in [1.54, 1.807) is 0 Å². The van der Waals surface area contributed by atoms with Gasteiger partial charge in [0.05, 0.1) is 12.1 Å². The van der Waals surface area contributed by atoms with Gasteiger partial charge in [0, 0.05) is 6.61 Å². The van der Waals surface area contributed by atoms with Crippen molar-refractivity contribution in [2.45, 2.75) is 65.0 Å². The van der Waals surface area contributed by atoms with E-state index in [1.807, 2.05) is 6.92 Å². The fourth-order valence-electron chi connectivity index (χ4n) is 2.45. The second-order valence-electron chi connectivity index (χ2n) is 6.30. The van der Waals surface area contributed by atoms with E-state index in [4.69, 9.17) is 10.6 Å². The van der Waals surface area contributed by atoms with Crippen LogP contribution in [0.25, 0.3) is 0 Å². The monoisotopic (exact) mass is 278 g/mol. The molecule has 3 heteroatoms. The lowest BCUT2D eigenvalue weighted by atomic mass is 9.86. The molecule has 0 bridgehead atoms. The maximum Gasteiger partial charge on any atom is 0.0782 e. The molecule has 3 nitrogen and oxygen atoms in total. The van der Waals surface area contributed by atoms with Gasteiger partial charge in [-0.15, -0.1) is 0 Å². The van der Waals surface area contributed by atoms with Gasteiger partial charge in [-0.25, -0.2) is 0 Å². The minimum absolute atomic E-state index is 0.0453. The zero-order valence-corrected chi connectivity index (χ0v) is 13.6. The molecular formula is C17H30N2O. The van der Waals surface area contributed by atoms with Gasteiger partial charge in [0.25, 0.3) is 0 Å². The first kappa shape index (κ1) is 17.2. The number of rotatable bonds is 7. The third kappa shape index (κ3) is 4.58. The number of hydrazine groups is 1. The van der Waals surface area contributed by atoms with Crippen LogP contribution in [-0.4, -0.2) is 12.7 Å². The van der Waals surface area contributed by atoms with Crippen molar-refractivity contribution in [2.75, 3.05) is 6.61 Å². The fraction of sp³-hybridized carbons (Fsp3) is 0.647. The molecule has 114 valence electrons. The van der Waals surface area contributed by atoms with Crippen LogP contribution in [0, 0.1) is 0 Å². The summed E-state index contributed by atoms with van der Waals surface area (Å²) in [5.74, 6) is 5.76. The summed E-state index contributed by atoms with van der Waals surface area (Å²) in [5, 5.41) is 0. The van der Waals surface area contributed by atoms with Crippen molar-refractivity contribution < 1.29 is 4.74 Å². The highest BCUT2D eigenvalue weighted by atomic mass is 16.5. The smallest absolute Gasteiger partial charge is 0.0782 e. The van der Waals surface area contributed by atoms with Gasteiger partial charge in [-0.3, -0.25) is 11.3 Å². The lowest BCUT2D eigenvalue weighted by Gasteiger charge is -2.27. The molecule has 0 aromatic heterocycles. The lowest BCUT2D eigenvalue weighted by Crippen LogP contribution is -2.38. The Morgan fingerprint density at radius 2 is 1.75 bits per heavy atom. The van der Waals surface area contributed by atoms with E-state index in [9.17, 15) is 0 Å². The summed E-state index contributed by atoms with van der Waals surface area (Å²) in [6.07, 6.45) is 2.21. The molecule has 3 N–H and O–H groups in total. The molecule has 0 spiro atoms. The largest absolute Gasteiger partial charge is 0.376 e. The first-order valence-electron chi connectivity index (χ1n) is 7.62. The molecular weight excluding hydrogens is 248 g/mol. The van der Waals surface area contributed by atoms with Crippen LogP contribution in [0.5, 0.6) is 0 Å². The van der Waals surface area contributed by atoms with Gasteiger partial charge in [0.1, 0.15) is 0 Å². The Morgan fingerprint density at radius 1 is 1.15 bits per heavy atom. The zero-order valence-electron chi connectivity index (χ0n) is 13.6. The molecule has 2 unspecified atom stereocenters. The second-order valence-corrected chi connectivity index (χ2v) is 6.30. The molecule has 0 radical (unpaired) electrons. The van der Waals surface area contributed by atoms with Crippen LogP contribution in [0.15, 0.2) is 24.3 Å². The van der Waals surface area contributed by atoms with Crippen molar-refractivity contribution in [1.82, 2.24) is 5.43 Å². The average Bonchev–Trinajstić information content (AvgIpc) is 2.39. The first-order chi connectivity index (χ1) is 9.43. The Morgan fingerprint density at radius 3 is 2.15 bits per heavy atom. The minimum Gasteiger partial charge on any atom is -0.376 e. The topological polar surface area (TPSA) is 47.3 Å². The number of nitrogens with two attached hydrogens (primary N) is 1. The normalized spacial score (nSPS) is 15.1. The third-order valence-corrected chi connectivity index (χ3v) is 3.64. The second kappa shape index (κ2) is 7.77. The highest BCUT2D eigenvalue weighted by molar-refractivity contribution is 5.29. The van der Waals surface area contributed by atoms with Crippen LogP contribution in [0.4, 0.5) is 0 Å². The highest BCUT2D eigenvalue weighted by Crippen LogP contribution is 2.26. The van der Waals surface area contributed by atoms with Gasteiger partial charge >= 0.3 is 0 Å². The van der Waals surface area contributed by atoms with Crippen molar-refractivity contribution in [1.29, 1.82) is 0 Å². The molecule has 20 heavy (non-hydrogen) atoms. The Labute approximate surface area is 123 Å². The van der Waals surface area contributed by atoms with Gasteiger partial charge in [-0.2, -0.15) is 0 Å². The fourth-order valence-corrected chi connectivity index (χ4v) is 2.45. The molecule has 0 saturated carbocycles. The van der Waals surface area contributed by atoms with E-state index in [0.717, 1.165) is 12.8 Å². The third-order valence-electron chi connectivity index (χ3n) is 3.64. The summed E-state index contributed by atoms with van der Waals surface area (Å²) in [5.41, 5.74) is 5.62. The van der Waals surface area contributed by atoms with Crippen LogP contribution in [0.2, 0.25) is 0 Å². The molecule has 1 aromatic carbocycles. The number of hydrogen-bond acceptors (Lipinski definition) is 3. The summed E-state index contributed by atoms with van der Waals surface area (Å²) in [7, 11) is 0. The van der Waals surface area contributed by atoms with Crippen molar-refractivity contribution in [3.05, 3.63) is 35.4 Å². The molecule has 1 aromatic rings. The van der Waals surface area contributed by atoms with E-state index in [0.29, 0.717) is 6.61 Å². The van der Waals surface area contributed by atoms with E-state index in [2.05, 4.69) is 57.4 Å². The minimum atomic E-state index is 0.0453. The lowest BCUT2D eigenvalue weighted by molar-refractivity contribution is 0.0276. The highest BCUT2D eigenvalue weighted by Gasteiger charge is 2.22. The SMILES string of the molecule is CCCC(OCC)C(NN)c1ccc(C(C)(C)C)cc1. The van der Waals surface area contributed by atoms with E-state index < -0.39 is 0 Å². The maximum absolute atomic E-state index is 5.84. The molecule has 0 aliphatic heterocycles. The Hall–Kier alpha value is -0.900. The Kier molecular flexibility index (Phi) is 6.66. The van der Waals surface area contributed by atoms with Crippen molar-refractivity contribution >= 4 is 0 Å². The maximum atomic E-state index is 5.84. The molecule has 0 saturated heterocycles.